The van der Waals surface area contributed by atoms with Gasteiger partial charge in [-0.1, -0.05) is 48.5 Å². The molecule has 1 aromatic heterocycles. The predicted molar refractivity (Wildman–Crippen MR) is 128 cm³/mol. The molecule has 1 heterocycles. The number of nitrogens with zero attached hydrogens (tertiary/aromatic N) is 2. The number of hydrogen-bond donors (Lipinski definition) is 2. The zero-order valence-electron chi connectivity index (χ0n) is 19.1. The summed E-state index contributed by atoms with van der Waals surface area (Å²) in [5, 5.41) is 12.4. The molecule has 0 bridgehead atoms. The van der Waals surface area contributed by atoms with E-state index in [-0.39, 0.29) is 19.1 Å². The summed E-state index contributed by atoms with van der Waals surface area (Å²) in [5.41, 5.74) is 5.07. The van der Waals surface area contributed by atoms with Crippen molar-refractivity contribution in [2.45, 2.75) is 32.4 Å². The Morgan fingerprint density at radius 1 is 1.12 bits per heavy atom. The van der Waals surface area contributed by atoms with Crippen LogP contribution in [0.2, 0.25) is 0 Å². The van der Waals surface area contributed by atoms with E-state index in [4.69, 9.17) is 9.84 Å². The number of aryl methyl sites for hydroxylation is 1. The fraction of sp³-hybridized carbons (Fsp3) is 0.280. The third kappa shape index (κ3) is 4.51. The van der Waals surface area contributed by atoms with Crippen LogP contribution in [0.3, 0.4) is 0 Å². The molecule has 34 heavy (non-hydrogen) atoms. The van der Waals surface area contributed by atoms with Crippen LogP contribution in [-0.2, 0) is 16.1 Å². The molecule has 9 heteroatoms. The van der Waals surface area contributed by atoms with Gasteiger partial charge < -0.3 is 20.1 Å². The lowest BCUT2D eigenvalue weighted by Crippen LogP contribution is -2.40. The summed E-state index contributed by atoms with van der Waals surface area (Å²) in [4.78, 5) is 42.0. The second-order valence-corrected chi connectivity index (χ2v) is 9.22. The Hall–Kier alpha value is -3.72. The summed E-state index contributed by atoms with van der Waals surface area (Å²) >= 11 is 1.13. The summed E-state index contributed by atoms with van der Waals surface area (Å²) in [7, 11) is 1.44. The minimum absolute atomic E-state index is 0.0313. The third-order valence-electron chi connectivity index (χ3n) is 6.02. The number of ether oxygens (including phenoxy) is 1. The topological polar surface area (TPSA) is 109 Å². The third-order valence-corrected chi connectivity index (χ3v) is 7.17. The van der Waals surface area contributed by atoms with E-state index in [1.807, 2.05) is 24.3 Å². The van der Waals surface area contributed by atoms with Crippen LogP contribution in [0, 0.1) is 6.92 Å². The number of rotatable bonds is 7. The molecule has 176 valence electrons. The van der Waals surface area contributed by atoms with E-state index >= 15 is 0 Å². The van der Waals surface area contributed by atoms with Gasteiger partial charge in [-0.05, 0) is 36.1 Å². The lowest BCUT2D eigenvalue weighted by Gasteiger charge is -2.20. The molecule has 0 saturated heterocycles. The number of hydrogen-bond acceptors (Lipinski definition) is 6. The van der Waals surface area contributed by atoms with Crippen LogP contribution in [0.15, 0.2) is 48.5 Å². The zero-order chi connectivity index (χ0) is 24.4. The Balaban J connectivity index is 1.36. The molecule has 8 nitrogen and oxygen atoms in total. The summed E-state index contributed by atoms with van der Waals surface area (Å²) in [6.45, 7) is 3.43. The van der Waals surface area contributed by atoms with Crippen LogP contribution in [0.1, 0.15) is 44.3 Å². The van der Waals surface area contributed by atoms with E-state index in [0.717, 1.165) is 38.5 Å². The summed E-state index contributed by atoms with van der Waals surface area (Å²) in [5.74, 6) is -1.54. The molecule has 0 fully saturated rings. The van der Waals surface area contributed by atoms with Gasteiger partial charge in [0.15, 0.2) is 0 Å². The van der Waals surface area contributed by atoms with Gasteiger partial charge in [0.05, 0.1) is 12.2 Å². The van der Waals surface area contributed by atoms with E-state index in [9.17, 15) is 14.4 Å². The van der Waals surface area contributed by atoms with Crippen molar-refractivity contribution < 1.29 is 24.2 Å². The van der Waals surface area contributed by atoms with Crippen molar-refractivity contribution in [3.8, 4) is 11.1 Å². The van der Waals surface area contributed by atoms with Gasteiger partial charge in [-0.3, -0.25) is 4.79 Å². The van der Waals surface area contributed by atoms with E-state index in [1.54, 1.807) is 6.92 Å². The monoisotopic (exact) mass is 479 g/mol. The Labute approximate surface area is 201 Å². The van der Waals surface area contributed by atoms with Gasteiger partial charge in [0.1, 0.15) is 22.5 Å². The van der Waals surface area contributed by atoms with Crippen molar-refractivity contribution >= 4 is 29.3 Å². The van der Waals surface area contributed by atoms with Gasteiger partial charge in [-0.2, -0.15) is 0 Å². The number of aromatic nitrogens is 1. The largest absolute Gasteiger partial charge is 0.480 e. The smallest absolute Gasteiger partial charge is 0.407 e. The highest BCUT2D eigenvalue weighted by Crippen LogP contribution is 2.44. The number of aliphatic carboxylic acids is 1. The van der Waals surface area contributed by atoms with Crippen molar-refractivity contribution in [1.29, 1.82) is 0 Å². The molecular formula is C25H25N3O5S. The Morgan fingerprint density at radius 2 is 1.71 bits per heavy atom. The molecule has 0 unspecified atom stereocenters. The number of nitrogens with one attached hydrogen (secondary N) is 1. The lowest BCUT2D eigenvalue weighted by atomic mass is 9.98. The van der Waals surface area contributed by atoms with Gasteiger partial charge >= 0.3 is 12.1 Å². The first-order valence-corrected chi connectivity index (χ1v) is 11.6. The van der Waals surface area contributed by atoms with Gasteiger partial charge in [0.25, 0.3) is 5.91 Å². The maximum Gasteiger partial charge on any atom is 0.407 e. The molecule has 0 radical (unpaired) electrons. The summed E-state index contributed by atoms with van der Waals surface area (Å²) in [6, 6.07) is 15.3. The Kier molecular flexibility index (Phi) is 6.65. The number of likely N-dealkylation sites (N-methyl/N-ethyl adjacent to an activating group) is 1. The number of amides is 2. The second-order valence-electron chi connectivity index (χ2n) is 8.13. The van der Waals surface area contributed by atoms with Crippen molar-refractivity contribution in [2.24, 2.45) is 0 Å². The number of thiazole rings is 1. The average Bonchev–Trinajstić information content (AvgIpc) is 3.37. The van der Waals surface area contributed by atoms with Gasteiger partial charge in [-0.15, -0.1) is 11.3 Å². The maximum atomic E-state index is 12.6. The molecule has 3 aromatic rings. The molecule has 1 aliphatic rings. The fourth-order valence-corrected chi connectivity index (χ4v) is 5.01. The van der Waals surface area contributed by atoms with E-state index in [2.05, 4.69) is 34.6 Å². The van der Waals surface area contributed by atoms with Gasteiger partial charge in [-0.25, -0.2) is 14.6 Å². The normalized spacial score (nSPS) is 13.0. The minimum Gasteiger partial charge on any atom is -0.480 e. The summed E-state index contributed by atoms with van der Waals surface area (Å²) in [6.07, 6.45) is -0.570. The molecule has 4 rings (SSSR count). The molecule has 1 aliphatic carbocycles. The highest BCUT2D eigenvalue weighted by molar-refractivity contribution is 7.13. The van der Waals surface area contributed by atoms with Crippen molar-refractivity contribution in [2.75, 3.05) is 13.7 Å². The molecule has 0 spiro atoms. The zero-order valence-corrected chi connectivity index (χ0v) is 19.9. The van der Waals surface area contributed by atoms with Crippen LogP contribution >= 0.6 is 11.3 Å². The van der Waals surface area contributed by atoms with Crippen LogP contribution in [0.25, 0.3) is 11.1 Å². The lowest BCUT2D eigenvalue weighted by molar-refractivity contribution is -0.141. The first kappa shape index (κ1) is 23.4. The number of fused-ring (bicyclic) bond motifs is 3. The van der Waals surface area contributed by atoms with Crippen LogP contribution in [0.4, 0.5) is 4.79 Å². The quantitative estimate of drug-likeness (QED) is 0.530. The van der Waals surface area contributed by atoms with Crippen LogP contribution < -0.4 is 5.32 Å². The molecule has 1 atom stereocenters. The van der Waals surface area contributed by atoms with Crippen molar-refractivity contribution in [3.05, 3.63) is 75.2 Å². The minimum atomic E-state index is -1.09. The van der Waals surface area contributed by atoms with E-state index in [1.165, 1.54) is 14.0 Å². The molecule has 2 amide bonds. The standard InChI is InChI=1S/C25H25N3O5S/c1-14-22(23(29)28(3)15(2)24(30)31)34-21(27-14)12-26-25(32)33-13-20-18-10-6-4-8-16(18)17-9-5-7-11-19(17)20/h4-11,15,20H,12-13H2,1-3H3,(H,26,32)(H,30,31)/t15-/m0/s1. The fourth-order valence-electron chi connectivity index (χ4n) is 4.03. The average molecular weight is 480 g/mol. The number of benzene rings is 2. The van der Waals surface area contributed by atoms with Crippen LogP contribution in [-0.4, -0.2) is 52.7 Å². The van der Waals surface area contributed by atoms with Gasteiger partial charge in [0, 0.05) is 13.0 Å². The Bertz CT molecular complexity index is 1210. The van der Waals surface area contributed by atoms with Crippen LogP contribution in [0.5, 0.6) is 0 Å². The molecule has 0 saturated carbocycles. The first-order chi connectivity index (χ1) is 16.3. The Morgan fingerprint density at radius 3 is 2.29 bits per heavy atom. The predicted octanol–water partition coefficient (Wildman–Crippen LogP) is 4.04. The molecule has 2 N–H and O–H groups in total. The molecule has 2 aromatic carbocycles. The highest BCUT2D eigenvalue weighted by Gasteiger charge is 2.29. The number of carbonyl (C=O) groups is 3. The molecule has 0 aliphatic heterocycles. The highest BCUT2D eigenvalue weighted by atomic mass is 32.1. The second kappa shape index (κ2) is 9.64. The van der Waals surface area contributed by atoms with E-state index < -0.39 is 24.0 Å². The number of alkyl carbamates (subject to hydrolysis) is 1. The van der Waals surface area contributed by atoms with E-state index in [0.29, 0.717) is 15.6 Å². The van der Waals surface area contributed by atoms with Crippen molar-refractivity contribution in [1.82, 2.24) is 15.2 Å². The molecular weight excluding hydrogens is 454 g/mol. The first-order valence-electron chi connectivity index (χ1n) is 10.8. The number of carbonyl (C=O) groups excluding carboxylic acids is 2. The van der Waals surface area contributed by atoms with Crippen molar-refractivity contribution in [3.63, 3.8) is 0 Å². The summed E-state index contributed by atoms with van der Waals surface area (Å²) < 4.78 is 5.53. The number of carboxylic acids is 1. The van der Waals surface area contributed by atoms with Gasteiger partial charge in [0.2, 0.25) is 0 Å². The maximum absolute atomic E-state index is 12.6. The number of carboxylic acid groups (broad SMARTS) is 1. The SMILES string of the molecule is Cc1nc(CNC(=O)OCC2c3ccccc3-c3ccccc32)sc1C(=O)N(C)[C@@H](C)C(=O)O.